The molecule has 0 aliphatic carbocycles. The number of nitrogens with zero attached hydrogens (tertiary/aromatic N) is 3. The predicted octanol–water partition coefficient (Wildman–Crippen LogP) is 0.287. The van der Waals surface area contributed by atoms with Crippen molar-refractivity contribution in [2.75, 3.05) is 38.5 Å². The van der Waals surface area contributed by atoms with E-state index >= 15 is 0 Å². The SMILES string of the molecule is CN1CC(Cl)CNC1C(C(=O)Nc1cnccc1O[C@@H]1CCCNC1)C(N)N=O. The van der Waals surface area contributed by atoms with E-state index in [-0.39, 0.29) is 11.5 Å². The minimum Gasteiger partial charge on any atom is -0.487 e. The average molecular weight is 426 g/mol. The quantitative estimate of drug-likeness (QED) is 0.361. The molecule has 2 aliphatic rings. The van der Waals surface area contributed by atoms with Crippen molar-refractivity contribution in [2.24, 2.45) is 16.8 Å². The maximum Gasteiger partial charge on any atom is 0.234 e. The molecular formula is C18H28ClN7O3. The smallest absolute Gasteiger partial charge is 0.234 e. The molecule has 0 radical (unpaired) electrons. The van der Waals surface area contributed by atoms with Crippen LogP contribution in [0.15, 0.2) is 23.6 Å². The van der Waals surface area contributed by atoms with Crippen LogP contribution in [0.1, 0.15) is 12.8 Å². The van der Waals surface area contributed by atoms with Crippen molar-refractivity contribution in [2.45, 2.75) is 36.7 Å². The Bertz CT molecular complexity index is 704. The molecule has 0 bridgehead atoms. The van der Waals surface area contributed by atoms with Crippen LogP contribution in [0, 0.1) is 10.8 Å². The molecule has 2 aliphatic heterocycles. The van der Waals surface area contributed by atoms with Gasteiger partial charge >= 0.3 is 0 Å². The van der Waals surface area contributed by atoms with Crippen LogP contribution < -0.4 is 26.4 Å². The van der Waals surface area contributed by atoms with Gasteiger partial charge in [-0.1, -0.05) is 5.18 Å². The van der Waals surface area contributed by atoms with Crippen LogP contribution in [0.25, 0.3) is 0 Å². The Labute approximate surface area is 174 Å². The number of anilines is 1. The van der Waals surface area contributed by atoms with Crippen LogP contribution in [-0.2, 0) is 4.79 Å². The van der Waals surface area contributed by atoms with Gasteiger partial charge in [0.25, 0.3) is 0 Å². The maximum absolute atomic E-state index is 13.1. The Kier molecular flexibility index (Phi) is 7.73. The molecule has 4 unspecified atom stereocenters. The number of aromatic nitrogens is 1. The second-order valence-corrected chi connectivity index (χ2v) is 8.08. The van der Waals surface area contributed by atoms with E-state index in [9.17, 15) is 9.70 Å². The molecule has 11 heteroatoms. The van der Waals surface area contributed by atoms with Gasteiger partial charge in [0.2, 0.25) is 5.91 Å². The molecule has 3 rings (SSSR count). The van der Waals surface area contributed by atoms with Crippen LogP contribution in [0.4, 0.5) is 5.69 Å². The van der Waals surface area contributed by atoms with Gasteiger partial charge in [-0.15, -0.1) is 16.5 Å². The summed E-state index contributed by atoms with van der Waals surface area (Å²) in [6, 6.07) is 1.71. The van der Waals surface area contributed by atoms with Gasteiger partial charge in [0.15, 0.2) is 6.17 Å². The van der Waals surface area contributed by atoms with E-state index in [1.807, 2.05) is 11.9 Å². The number of pyridine rings is 1. The fourth-order valence-corrected chi connectivity index (χ4v) is 4.05. The predicted molar refractivity (Wildman–Crippen MR) is 111 cm³/mol. The second kappa shape index (κ2) is 10.3. The molecule has 2 saturated heterocycles. The van der Waals surface area contributed by atoms with Gasteiger partial charge in [-0.2, -0.15) is 0 Å². The van der Waals surface area contributed by atoms with Gasteiger partial charge in [-0.3, -0.25) is 20.0 Å². The van der Waals surface area contributed by atoms with Gasteiger partial charge in [-0.25, -0.2) is 0 Å². The average Bonchev–Trinajstić information content (AvgIpc) is 2.72. The minimum atomic E-state index is -1.22. The van der Waals surface area contributed by atoms with E-state index in [0.29, 0.717) is 24.5 Å². The number of carbonyl (C=O) groups excluding carboxylic acids is 1. The molecule has 160 valence electrons. The molecule has 1 amide bonds. The zero-order chi connectivity index (χ0) is 20.8. The van der Waals surface area contributed by atoms with Crippen LogP contribution in [0.5, 0.6) is 5.75 Å². The van der Waals surface area contributed by atoms with Crippen molar-refractivity contribution in [3.05, 3.63) is 23.4 Å². The summed E-state index contributed by atoms with van der Waals surface area (Å²) in [5, 5.41) is 12.1. The van der Waals surface area contributed by atoms with Crippen LogP contribution >= 0.6 is 11.6 Å². The number of carbonyl (C=O) groups is 1. The first-order valence-corrected chi connectivity index (χ1v) is 10.2. The number of nitroso groups, excluding NO2 is 1. The lowest BCUT2D eigenvalue weighted by Gasteiger charge is -2.40. The zero-order valence-corrected chi connectivity index (χ0v) is 17.1. The first-order valence-electron chi connectivity index (χ1n) is 9.77. The van der Waals surface area contributed by atoms with Gasteiger partial charge in [0, 0.05) is 31.9 Å². The summed E-state index contributed by atoms with van der Waals surface area (Å²) < 4.78 is 6.06. The molecule has 2 fully saturated rings. The van der Waals surface area contributed by atoms with Crippen LogP contribution in [0.3, 0.4) is 0 Å². The van der Waals surface area contributed by atoms with Crippen molar-refractivity contribution in [3.8, 4) is 5.75 Å². The van der Waals surface area contributed by atoms with Crippen molar-refractivity contribution in [1.29, 1.82) is 0 Å². The van der Waals surface area contributed by atoms with Crippen molar-refractivity contribution in [1.82, 2.24) is 20.5 Å². The standard InChI is InChI=1S/C18H28ClN7O3/c1-26-10-11(19)7-23-17(26)15(16(20)25-28)18(27)24-13-9-22-6-4-14(13)29-12-3-2-5-21-8-12/h4,6,9,11-12,15-17,21,23H,2-3,5,7-8,10,20H2,1H3,(H,24,27)/t11?,12-,15?,16?,17?/m1/s1. The summed E-state index contributed by atoms with van der Waals surface area (Å²) in [5.74, 6) is -0.820. The van der Waals surface area contributed by atoms with E-state index in [2.05, 4.69) is 26.1 Å². The number of piperidine rings is 1. The molecule has 0 spiro atoms. The Morgan fingerprint density at radius 2 is 2.34 bits per heavy atom. The first-order chi connectivity index (χ1) is 14.0. The van der Waals surface area contributed by atoms with E-state index in [4.69, 9.17) is 22.1 Å². The fourth-order valence-electron chi connectivity index (χ4n) is 3.74. The minimum absolute atomic E-state index is 0.0169. The topological polar surface area (TPSA) is 134 Å². The summed E-state index contributed by atoms with van der Waals surface area (Å²) in [6.07, 6.45) is 3.42. The number of nitrogens with one attached hydrogen (secondary N) is 3. The van der Waals surface area contributed by atoms with Crippen LogP contribution in [-0.4, -0.2) is 72.8 Å². The third-order valence-electron chi connectivity index (χ3n) is 5.23. The Hall–Kier alpha value is -1.85. The van der Waals surface area contributed by atoms with Crippen molar-refractivity contribution >= 4 is 23.2 Å². The summed E-state index contributed by atoms with van der Waals surface area (Å²) in [4.78, 5) is 30.2. The number of nitrogens with two attached hydrogens (primary N) is 1. The lowest BCUT2D eigenvalue weighted by molar-refractivity contribution is -0.123. The number of hydrogen-bond acceptors (Lipinski definition) is 9. The number of rotatable bonds is 7. The molecule has 3 heterocycles. The Morgan fingerprint density at radius 1 is 1.52 bits per heavy atom. The fraction of sp³-hybridized carbons (Fsp3) is 0.667. The summed E-state index contributed by atoms with van der Waals surface area (Å²) in [5.41, 5.74) is 6.32. The number of halogens is 1. The summed E-state index contributed by atoms with van der Waals surface area (Å²) in [7, 11) is 1.82. The second-order valence-electron chi connectivity index (χ2n) is 7.46. The third-order valence-corrected chi connectivity index (χ3v) is 5.52. The zero-order valence-electron chi connectivity index (χ0n) is 16.4. The van der Waals surface area contributed by atoms with Gasteiger partial charge < -0.3 is 21.1 Å². The number of alkyl halides is 1. The van der Waals surface area contributed by atoms with E-state index in [1.165, 1.54) is 6.20 Å². The lowest BCUT2D eigenvalue weighted by atomic mass is 9.98. The number of amides is 1. The molecular weight excluding hydrogens is 398 g/mol. The van der Waals surface area contributed by atoms with Crippen LogP contribution in [0.2, 0.25) is 0 Å². The Balaban J connectivity index is 1.75. The number of ether oxygens (including phenoxy) is 1. The normalized spacial score (nSPS) is 27.6. The summed E-state index contributed by atoms with van der Waals surface area (Å²) >= 11 is 6.17. The third kappa shape index (κ3) is 5.61. The molecule has 1 aromatic heterocycles. The van der Waals surface area contributed by atoms with Crippen molar-refractivity contribution in [3.63, 3.8) is 0 Å². The molecule has 10 nitrogen and oxygen atoms in total. The molecule has 29 heavy (non-hydrogen) atoms. The summed E-state index contributed by atoms with van der Waals surface area (Å²) in [6.45, 7) is 2.78. The largest absolute Gasteiger partial charge is 0.487 e. The highest BCUT2D eigenvalue weighted by atomic mass is 35.5. The maximum atomic E-state index is 13.1. The molecule has 0 saturated carbocycles. The highest BCUT2D eigenvalue weighted by Crippen LogP contribution is 2.27. The Morgan fingerprint density at radius 3 is 3.03 bits per heavy atom. The highest BCUT2D eigenvalue weighted by Gasteiger charge is 2.40. The van der Waals surface area contributed by atoms with Gasteiger partial charge in [-0.05, 0) is 26.4 Å². The molecule has 1 aromatic rings. The van der Waals surface area contributed by atoms with E-state index in [1.54, 1.807) is 12.3 Å². The lowest BCUT2D eigenvalue weighted by Crippen LogP contribution is -2.62. The highest BCUT2D eigenvalue weighted by molar-refractivity contribution is 6.21. The van der Waals surface area contributed by atoms with Gasteiger partial charge in [0.1, 0.15) is 23.5 Å². The van der Waals surface area contributed by atoms with E-state index < -0.39 is 24.2 Å². The monoisotopic (exact) mass is 425 g/mol. The van der Waals surface area contributed by atoms with E-state index in [0.717, 1.165) is 25.9 Å². The number of hydrogen-bond donors (Lipinski definition) is 4. The van der Waals surface area contributed by atoms with Crippen molar-refractivity contribution < 1.29 is 9.53 Å². The molecule has 0 aromatic carbocycles. The van der Waals surface area contributed by atoms with Gasteiger partial charge in [0.05, 0.1) is 17.7 Å². The molecule has 5 N–H and O–H groups in total. The molecule has 5 atom stereocenters. The first kappa shape index (κ1) is 21.8.